The largest absolute Gasteiger partial charge is 0.490 e. The summed E-state index contributed by atoms with van der Waals surface area (Å²) in [5, 5.41) is 18.7. The lowest BCUT2D eigenvalue weighted by atomic mass is 10.0. The van der Waals surface area contributed by atoms with E-state index in [-0.39, 0.29) is 18.0 Å². The molecular formula is C21H21N5O4S. The Labute approximate surface area is 180 Å². The van der Waals surface area contributed by atoms with Crippen LogP contribution in [0.2, 0.25) is 0 Å². The zero-order valence-corrected chi connectivity index (χ0v) is 17.8. The van der Waals surface area contributed by atoms with Gasteiger partial charge in [-0.05, 0) is 56.0 Å². The second-order valence-electron chi connectivity index (χ2n) is 7.54. The van der Waals surface area contributed by atoms with Crippen molar-refractivity contribution in [1.29, 1.82) is 5.26 Å². The summed E-state index contributed by atoms with van der Waals surface area (Å²) in [5.41, 5.74) is 3.55. The normalized spacial score (nSPS) is 15.6. The zero-order valence-electron chi connectivity index (χ0n) is 17.0. The Hall–Kier alpha value is -3.26. The first-order valence-electron chi connectivity index (χ1n) is 9.72. The Bertz CT molecular complexity index is 1280. The van der Waals surface area contributed by atoms with Crippen molar-refractivity contribution in [1.82, 2.24) is 14.9 Å². The number of benzene rings is 2. The van der Waals surface area contributed by atoms with Crippen molar-refractivity contribution in [3.05, 3.63) is 53.1 Å². The minimum atomic E-state index is -3.81. The van der Waals surface area contributed by atoms with E-state index in [4.69, 9.17) is 14.4 Å². The molecule has 1 aromatic heterocycles. The first kappa shape index (κ1) is 21.0. The molecule has 9 nitrogen and oxygen atoms in total. The third-order valence-electron chi connectivity index (χ3n) is 4.95. The van der Waals surface area contributed by atoms with Crippen molar-refractivity contribution in [3.8, 4) is 34.7 Å². The standard InChI is InChI=1S/C21H21N5O4S/c1-12(2)29-19-9-6-13(10-14(19)11-22)21-24-20(25-30-21)17-5-3-4-16-15(17)7-8-18(16)26-31(23,27)28/h3-6,9-10,12,18,26H,7-8H2,1-2H3,(H2,23,27,28)/t18-/m0/s1. The fourth-order valence-corrected chi connectivity index (χ4v) is 4.38. The van der Waals surface area contributed by atoms with E-state index in [0.29, 0.717) is 35.5 Å². The molecule has 3 N–H and O–H groups in total. The van der Waals surface area contributed by atoms with Gasteiger partial charge in [0.25, 0.3) is 16.1 Å². The van der Waals surface area contributed by atoms with E-state index in [2.05, 4.69) is 20.9 Å². The highest BCUT2D eigenvalue weighted by Crippen LogP contribution is 2.37. The number of aromatic nitrogens is 2. The van der Waals surface area contributed by atoms with Gasteiger partial charge in [0.2, 0.25) is 5.82 Å². The Balaban J connectivity index is 1.66. The molecule has 1 atom stereocenters. The molecule has 2 aromatic carbocycles. The fourth-order valence-electron chi connectivity index (χ4n) is 3.74. The van der Waals surface area contributed by atoms with E-state index in [0.717, 1.165) is 16.7 Å². The van der Waals surface area contributed by atoms with Crippen LogP contribution < -0.4 is 14.6 Å². The summed E-state index contributed by atoms with van der Waals surface area (Å²) in [6.45, 7) is 3.78. The number of hydrogen-bond acceptors (Lipinski definition) is 7. The number of rotatable bonds is 6. The van der Waals surface area contributed by atoms with Crippen LogP contribution in [0.1, 0.15) is 43.0 Å². The van der Waals surface area contributed by atoms with Gasteiger partial charge in [-0.3, -0.25) is 0 Å². The molecule has 0 saturated carbocycles. The molecule has 0 saturated heterocycles. The molecule has 0 aliphatic heterocycles. The molecule has 0 bridgehead atoms. The van der Waals surface area contributed by atoms with Gasteiger partial charge in [0.15, 0.2) is 0 Å². The first-order valence-corrected chi connectivity index (χ1v) is 11.3. The lowest BCUT2D eigenvalue weighted by Gasteiger charge is -2.12. The number of fused-ring (bicyclic) bond motifs is 1. The number of nitriles is 1. The van der Waals surface area contributed by atoms with Crippen LogP contribution in [0, 0.1) is 11.3 Å². The molecular weight excluding hydrogens is 418 g/mol. The molecule has 160 valence electrons. The highest BCUT2D eigenvalue weighted by atomic mass is 32.2. The minimum absolute atomic E-state index is 0.0549. The van der Waals surface area contributed by atoms with Crippen molar-refractivity contribution in [3.63, 3.8) is 0 Å². The SMILES string of the molecule is CC(C)Oc1ccc(-c2nc(-c3cccc4c3CC[C@@H]4NS(N)(=O)=O)no2)cc1C#N. The molecule has 0 unspecified atom stereocenters. The predicted octanol–water partition coefficient (Wildman–Crippen LogP) is 2.84. The molecule has 0 amide bonds. The number of hydrogen-bond donors (Lipinski definition) is 2. The average Bonchev–Trinajstić information content (AvgIpc) is 3.34. The first-order chi connectivity index (χ1) is 14.7. The van der Waals surface area contributed by atoms with E-state index in [1.54, 1.807) is 18.2 Å². The average molecular weight is 439 g/mol. The molecule has 4 rings (SSSR count). The van der Waals surface area contributed by atoms with Gasteiger partial charge >= 0.3 is 0 Å². The molecule has 1 aliphatic rings. The van der Waals surface area contributed by atoms with Crippen molar-refractivity contribution in [2.24, 2.45) is 5.14 Å². The number of ether oxygens (including phenoxy) is 1. The number of nitrogens with one attached hydrogen (secondary N) is 1. The van der Waals surface area contributed by atoms with Crippen LogP contribution in [-0.4, -0.2) is 24.7 Å². The molecule has 31 heavy (non-hydrogen) atoms. The second-order valence-corrected chi connectivity index (χ2v) is 8.87. The lowest BCUT2D eigenvalue weighted by Crippen LogP contribution is -2.33. The predicted molar refractivity (Wildman–Crippen MR) is 113 cm³/mol. The molecule has 3 aromatic rings. The molecule has 10 heteroatoms. The molecule has 1 aliphatic carbocycles. The Kier molecular flexibility index (Phi) is 5.49. The van der Waals surface area contributed by atoms with E-state index in [1.807, 2.05) is 32.0 Å². The summed E-state index contributed by atoms with van der Waals surface area (Å²) >= 11 is 0. The molecule has 0 spiro atoms. The maximum absolute atomic E-state index is 11.4. The van der Waals surface area contributed by atoms with E-state index in [1.165, 1.54) is 0 Å². The van der Waals surface area contributed by atoms with Gasteiger partial charge in [-0.1, -0.05) is 23.4 Å². The van der Waals surface area contributed by atoms with Crippen molar-refractivity contribution >= 4 is 10.2 Å². The smallest absolute Gasteiger partial charge is 0.274 e. The highest BCUT2D eigenvalue weighted by molar-refractivity contribution is 7.87. The van der Waals surface area contributed by atoms with Crippen LogP contribution in [0.25, 0.3) is 22.8 Å². The lowest BCUT2D eigenvalue weighted by molar-refractivity contribution is 0.241. The maximum atomic E-state index is 11.4. The Morgan fingerprint density at radius 3 is 2.84 bits per heavy atom. The topological polar surface area (TPSA) is 144 Å². The molecule has 1 heterocycles. The maximum Gasteiger partial charge on any atom is 0.274 e. The van der Waals surface area contributed by atoms with E-state index < -0.39 is 10.2 Å². The van der Waals surface area contributed by atoms with Gasteiger partial charge in [0.1, 0.15) is 11.8 Å². The second kappa shape index (κ2) is 8.11. The molecule has 0 fully saturated rings. The van der Waals surface area contributed by atoms with Gasteiger partial charge < -0.3 is 9.26 Å². The van der Waals surface area contributed by atoms with E-state index in [9.17, 15) is 13.7 Å². The Morgan fingerprint density at radius 1 is 1.32 bits per heavy atom. The van der Waals surface area contributed by atoms with Crippen LogP contribution in [0.5, 0.6) is 5.75 Å². The minimum Gasteiger partial charge on any atom is -0.490 e. The van der Waals surface area contributed by atoms with Crippen LogP contribution in [0.3, 0.4) is 0 Å². The zero-order chi connectivity index (χ0) is 22.2. The monoisotopic (exact) mass is 439 g/mol. The number of nitrogens with two attached hydrogens (primary N) is 1. The van der Waals surface area contributed by atoms with Gasteiger partial charge in [0, 0.05) is 17.2 Å². The summed E-state index contributed by atoms with van der Waals surface area (Å²) in [7, 11) is -3.81. The Morgan fingerprint density at radius 2 is 2.13 bits per heavy atom. The summed E-state index contributed by atoms with van der Waals surface area (Å²) < 4.78 is 36.4. The van der Waals surface area contributed by atoms with Crippen molar-refractivity contribution < 1.29 is 17.7 Å². The third kappa shape index (κ3) is 4.44. The summed E-state index contributed by atoms with van der Waals surface area (Å²) in [4.78, 5) is 4.50. The van der Waals surface area contributed by atoms with Crippen molar-refractivity contribution in [2.45, 2.75) is 38.8 Å². The van der Waals surface area contributed by atoms with E-state index >= 15 is 0 Å². The summed E-state index contributed by atoms with van der Waals surface area (Å²) in [6.07, 6.45) is 1.19. The summed E-state index contributed by atoms with van der Waals surface area (Å²) in [6, 6.07) is 12.4. The van der Waals surface area contributed by atoms with Gasteiger partial charge in [-0.2, -0.15) is 23.4 Å². The molecule has 0 radical (unpaired) electrons. The highest BCUT2D eigenvalue weighted by Gasteiger charge is 2.28. The summed E-state index contributed by atoms with van der Waals surface area (Å²) in [5.74, 6) is 1.16. The van der Waals surface area contributed by atoms with Crippen LogP contribution in [0.4, 0.5) is 0 Å². The van der Waals surface area contributed by atoms with Crippen molar-refractivity contribution in [2.75, 3.05) is 0 Å². The van der Waals surface area contributed by atoms with Gasteiger partial charge in [-0.15, -0.1) is 0 Å². The number of nitrogens with zero attached hydrogens (tertiary/aromatic N) is 3. The van der Waals surface area contributed by atoms with Gasteiger partial charge in [-0.25, -0.2) is 5.14 Å². The van der Waals surface area contributed by atoms with Crippen LogP contribution in [-0.2, 0) is 16.6 Å². The van der Waals surface area contributed by atoms with Crippen LogP contribution >= 0.6 is 0 Å². The quantitative estimate of drug-likeness (QED) is 0.601. The van der Waals surface area contributed by atoms with Gasteiger partial charge in [0.05, 0.1) is 11.7 Å². The third-order valence-corrected chi connectivity index (χ3v) is 5.57. The van der Waals surface area contributed by atoms with Crippen LogP contribution in [0.15, 0.2) is 40.9 Å². The fraction of sp³-hybridized carbons (Fsp3) is 0.286.